The van der Waals surface area contributed by atoms with Gasteiger partial charge in [-0.25, -0.2) is 4.98 Å². The van der Waals surface area contributed by atoms with Crippen LogP contribution in [-0.4, -0.2) is 54.8 Å². The van der Waals surface area contributed by atoms with Crippen molar-refractivity contribution in [3.63, 3.8) is 0 Å². The van der Waals surface area contributed by atoms with E-state index in [0.717, 1.165) is 0 Å². The van der Waals surface area contributed by atoms with Crippen LogP contribution in [0.3, 0.4) is 0 Å². The molecule has 4 N–H and O–H groups in total. The maximum Gasteiger partial charge on any atom is 0.261 e. The molecule has 3 rings (SSSR count). The molecule has 0 radical (unpaired) electrons. The van der Waals surface area contributed by atoms with Crippen LogP contribution in [0.25, 0.3) is 11.0 Å². The number of halogens is 1. The standard InChI is InChI=1S/C11H12BrN3O5/c12-4-1-15(9-6(4)10(19)14-3-13-9)11-8(18)7(17)5(2-16)20-11/h1,3,5,7-8,11,16-18H,2H2,(H,13,14,19)/t5-,7-,8-,11-/m1/s1. The summed E-state index contributed by atoms with van der Waals surface area (Å²) in [6.07, 6.45) is -1.44. The third kappa shape index (κ3) is 1.90. The highest BCUT2D eigenvalue weighted by molar-refractivity contribution is 9.10. The molecule has 0 aliphatic carbocycles. The zero-order valence-corrected chi connectivity index (χ0v) is 11.7. The molecule has 1 aliphatic rings. The van der Waals surface area contributed by atoms with Gasteiger partial charge in [0.1, 0.15) is 18.3 Å². The Bertz CT molecular complexity index is 699. The molecule has 0 amide bonds. The van der Waals surface area contributed by atoms with Crippen LogP contribution >= 0.6 is 15.9 Å². The molecule has 8 nitrogen and oxygen atoms in total. The zero-order valence-electron chi connectivity index (χ0n) is 10.1. The SMILES string of the molecule is O=c1[nH]cnc2c1c(Br)cn2[C@@H]1O[C@H](CO)[C@@H](O)[C@H]1O. The molecule has 4 atom stereocenters. The van der Waals surface area contributed by atoms with E-state index >= 15 is 0 Å². The Morgan fingerprint density at radius 3 is 2.85 bits per heavy atom. The molecule has 3 heterocycles. The zero-order chi connectivity index (χ0) is 14.4. The summed E-state index contributed by atoms with van der Waals surface area (Å²) in [4.78, 5) is 18.3. The molecular formula is C11H12BrN3O5. The smallest absolute Gasteiger partial charge is 0.261 e. The van der Waals surface area contributed by atoms with Crippen molar-refractivity contribution in [3.8, 4) is 0 Å². The number of fused-ring (bicyclic) bond motifs is 1. The van der Waals surface area contributed by atoms with E-state index in [4.69, 9.17) is 9.84 Å². The van der Waals surface area contributed by atoms with Gasteiger partial charge >= 0.3 is 0 Å². The summed E-state index contributed by atoms with van der Waals surface area (Å²) in [6.45, 7) is -0.414. The van der Waals surface area contributed by atoms with Crippen molar-refractivity contribution in [2.75, 3.05) is 6.61 Å². The molecule has 0 spiro atoms. The lowest BCUT2D eigenvalue weighted by Crippen LogP contribution is -2.33. The third-order valence-corrected chi connectivity index (χ3v) is 3.96. The van der Waals surface area contributed by atoms with Gasteiger partial charge in [0, 0.05) is 6.20 Å². The Balaban J connectivity index is 2.12. The van der Waals surface area contributed by atoms with E-state index < -0.39 is 31.1 Å². The normalized spacial score (nSPS) is 30.2. The number of aromatic nitrogens is 3. The van der Waals surface area contributed by atoms with Gasteiger partial charge in [0.25, 0.3) is 5.56 Å². The van der Waals surface area contributed by atoms with Gasteiger partial charge in [0.15, 0.2) is 11.9 Å². The first-order valence-electron chi connectivity index (χ1n) is 5.90. The first-order chi connectivity index (χ1) is 9.54. The first-order valence-corrected chi connectivity index (χ1v) is 6.70. The van der Waals surface area contributed by atoms with Crippen LogP contribution in [0.5, 0.6) is 0 Å². The van der Waals surface area contributed by atoms with Crippen molar-refractivity contribution in [2.24, 2.45) is 0 Å². The molecule has 0 aromatic carbocycles. The van der Waals surface area contributed by atoms with Crippen molar-refractivity contribution >= 4 is 27.0 Å². The summed E-state index contributed by atoms with van der Waals surface area (Å²) in [7, 11) is 0. The van der Waals surface area contributed by atoms with E-state index in [2.05, 4.69) is 25.9 Å². The van der Waals surface area contributed by atoms with Crippen LogP contribution in [0.2, 0.25) is 0 Å². The maximum absolute atomic E-state index is 11.8. The first kappa shape index (κ1) is 13.7. The van der Waals surface area contributed by atoms with Crippen molar-refractivity contribution in [1.29, 1.82) is 0 Å². The lowest BCUT2D eigenvalue weighted by atomic mass is 10.1. The van der Waals surface area contributed by atoms with Crippen LogP contribution < -0.4 is 5.56 Å². The molecule has 0 unspecified atom stereocenters. The fraction of sp³-hybridized carbons (Fsp3) is 0.455. The fourth-order valence-corrected chi connectivity index (χ4v) is 2.93. The molecule has 20 heavy (non-hydrogen) atoms. The van der Waals surface area contributed by atoms with E-state index in [1.54, 1.807) is 6.20 Å². The highest BCUT2D eigenvalue weighted by atomic mass is 79.9. The number of nitrogens with zero attached hydrogens (tertiary/aromatic N) is 2. The molecule has 0 bridgehead atoms. The Labute approximate surface area is 120 Å². The summed E-state index contributed by atoms with van der Waals surface area (Å²) < 4.78 is 7.38. The van der Waals surface area contributed by atoms with Gasteiger partial charge in [-0.2, -0.15) is 0 Å². The molecule has 2 aromatic heterocycles. The van der Waals surface area contributed by atoms with Crippen LogP contribution in [-0.2, 0) is 4.74 Å². The highest BCUT2D eigenvalue weighted by Gasteiger charge is 2.44. The van der Waals surface area contributed by atoms with E-state index in [0.29, 0.717) is 15.5 Å². The van der Waals surface area contributed by atoms with Crippen LogP contribution in [0.1, 0.15) is 6.23 Å². The Morgan fingerprint density at radius 2 is 2.20 bits per heavy atom. The second kappa shape index (κ2) is 4.93. The minimum absolute atomic E-state index is 0.315. The predicted molar refractivity (Wildman–Crippen MR) is 71.1 cm³/mol. The predicted octanol–water partition coefficient (Wildman–Crippen LogP) is -0.901. The average Bonchev–Trinajstić information content (AvgIpc) is 2.90. The Hall–Kier alpha value is -1.26. The fourth-order valence-electron chi connectivity index (χ4n) is 2.35. The molecular weight excluding hydrogens is 334 g/mol. The van der Waals surface area contributed by atoms with Gasteiger partial charge in [-0.15, -0.1) is 0 Å². The van der Waals surface area contributed by atoms with Crippen LogP contribution in [0.15, 0.2) is 21.8 Å². The van der Waals surface area contributed by atoms with E-state index in [1.807, 2.05) is 0 Å². The average molecular weight is 346 g/mol. The lowest BCUT2D eigenvalue weighted by molar-refractivity contribution is -0.0509. The monoisotopic (exact) mass is 345 g/mol. The van der Waals surface area contributed by atoms with Gasteiger partial charge in [-0.3, -0.25) is 4.79 Å². The molecule has 1 aliphatic heterocycles. The van der Waals surface area contributed by atoms with Gasteiger partial charge in [-0.1, -0.05) is 0 Å². The molecule has 1 fully saturated rings. The quantitative estimate of drug-likeness (QED) is 0.559. The number of hydrogen-bond acceptors (Lipinski definition) is 6. The number of ether oxygens (including phenoxy) is 1. The van der Waals surface area contributed by atoms with Crippen molar-refractivity contribution in [2.45, 2.75) is 24.5 Å². The second-order valence-corrected chi connectivity index (χ2v) is 5.40. The van der Waals surface area contributed by atoms with E-state index in [1.165, 1.54) is 10.9 Å². The summed E-state index contributed by atoms with van der Waals surface area (Å²) in [5, 5.41) is 29.2. The number of hydrogen-bond donors (Lipinski definition) is 4. The van der Waals surface area contributed by atoms with Crippen molar-refractivity contribution in [3.05, 3.63) is 27.4 Å². The molecule has 108 valence electrons. The second-order valence-electron chi connectivity index (χ2n) is 4.54. The Kier molecular flexibility index (Phi) is 3.38. The lowest BCUT2D eigenvalue weighted by Gasteiger charge is -2.17. The van der Waals surface area contributed by atoms with Crippen LogP contribution in [0, 0.1) is 0 Å². The third-order valence-electron chi connectivity index (χ3n) is 3.36. The highest BCUT2D eigenvalue weighted by Crippen LogP contribution is 2.33. The molecule has 9 heteroatoms. The summed E-state index contributed by atoms with van der Waals surface area (Å²) in [6, 6.07) is 0. The van der Waals surface area contributed by atoms with Gasteiger partial charge in [-0.05, 0) is 15.9 Å². The molecule has 0 saturated carbocycles. The Morgan fingerprint density at radius 1 is 1.45 bits per heavy atom. The van der Waals surface area contributed by atoms with Crippen molar-refractivity contribution < 1.29 is 20.1 Å². The summed E-state index contributed by atoms with van der Waals surface area (Å²) >= 11 is 3.25. The summed E-state index contributed by atoms with van der Waals surface area (Å²) in [5.74, 6) is 0. The van der Waals surface area contributed by atoms with Crippen molar-refractivity contribution in [1.82, 2.24) is 14.5 Å². The van der Waals surface area contributed by atoms with E-state index in [9.17, 15) is 15.0 Å². The summed E-state index contributed by atoms with van der Waals surface area (Å²) in [5.41, 5.74) is -0.0113. The van der Waals surface area contributed by atoms with Gasteiger partial charge < -0.3 is 29.6 Å². The number of aromatic amines is 1. The minimum Gasteiger partial charge on any atom is -0.394 e. The minimum atomic E-state index is -1.23. The number of aliphatic hydroxyl groups is 3. The number of rotatable bonds is 2. The molecule has 2 aromatic rings. The van der Waals surface area contributed by atoms with Gasteiger partial charge in [0.2, 0.25) is 0 Å². The number of aliphatic hydroxyl groups excluding tert-OH is 3. The molecule has 1 saturated heterocycles. The van der Waals surface area contributed by atoms with Crippen LogP contribution in [0.4, 0.5) is 0 Å². The number of nitrogens with one attached hydrogen (secondary N) is 1. The van der Waals surface area contributed by atoms with Gasteiger partial charge in [0.05, 0.1) is 22.8 Å². The topological polar surface area (TPSA) is 121 Å². The maximum atomic E-state index is 11.8. The number of H-pyrrole nitrogens is 1. The van der Waals surface area contributed by atoms with E-state index in [-0.39, 0.29) is 5.56 Å². The largest absolute Gasteiger partial charge is 0.394 e.